The van der Waals surface area contributed by atoms with Gasteiger partial charge in [0.25, 0.3) is 7.82 Å². The van der Waals surface area contributed by atoms with E-state index in [1.165, 1.54) is 109 Å². The number of hydrogen-bond donors (Lipinski definition) is 2. The summed E-state index contributed by atoms with van der Waals surface area (Å²) in [4.78, 5) is 25.5. The number of carbonyl (C=O) groups is 1. The third-order valence-corrected chi connectivity index (χ3v) is 13.8. The molecule has 1 amide bonds. The van der Waals surface area contributed by atoms with Crippen molar-refractivity contribution in [2.75, 3.05) is 40.9 Å². The lowest BCUT2D eigenvalue weighted by atomic mass is 10.0. The van der Waals surface area contributed by atoms with Gasteiger partial charge in [-0.1, -0.05) is 250 Å². The van der Waals surface area contributed by atoms with Crippen LogP contribution in [0.25, 0.3) is 0 Å². The fourth-order valence-electron chi connectivity index (χ4n) is 8.08. The molecule has 8 nitrogen and oxygen atoms in total. The monoisotopic (exact) mass is 1070 g/mol. The lowest BCUT2D eigenvalue weighted by Crippen LogP contribution is -2.45. The average molecular weight is 1080 g/mol. The fraction of sp³-hybridized carbons (Fsp3) is 0.657. The van der Waals surface area contributed by atoms with Gasteiger partial charge in [0.05, 0.1) is 39.9 Å². The normalized spacial score (nSPS) is 14.8. The Morgan fingerprint density at radius 1 is 0.474 bits per heavy atom. The number of rotatable bonds is 54. The minimum Gasteiger partial charge on any atom is -0.756 e. The van der Waals surface area contributed by atoms with Crippen molar-refractivity contribution < 1.29 is 32.9 Å². The Morgan fingerprint density at radius 3 is 1.22 bits per heavy atom. The fourth-order valence-corrected chi connectivity index (χ4v) is 8.81. The molecule has 0 aromatic carbocycles. The number of carbonyl (C=O) groups excluding carboxylic acids is 1. The van der Waals surface area contributed by atoms with Crippen LogP contribution in [0.15, 0.2) is 134 Å². The van der Waals surface area contributed by atoms with Gasteiger partial charge in [0.15, 0.2) is 0 Å². The first-order valence-electron chi connectivity index (χ1n) is 30.5. The lowest BCUT2D eigenvalue weighted by molar-refractivity contribution is -0.870. The molecule has 0 aliphatic rings. The second-order valence-corrected chi connectivity index (χ2v) is 22.7. The van der Waals surface area contributed by atoms with Crippen LogP contribution in [0, 0.1) is 0 Å². The number of nitrogens with zero attached hydrogens (tertiary/aromatic N) is 1. The summed E-state index contributed by atoms with van der Waals surface area (Å²) in [6.07, 6.45) is 85.6. The Bertz CT molecular complexity index is 1700. The van der Waals surface area contributed by atoms with Gasteiger partial charge in [-0.2, -0.15) is 0 Å². The second kappa shape index (κ2) is 56.4. The van der Waals surface area contributed by atoms with Crippen molar-refractivity contribution in [3.05, 3.63) is 134 Å². The van der Waals surface area contributed by atoms with Gasteiger partial charge in [-0.05, 0) is 109 Å². The van der Waals surface area contributed by atoms with Gasteiger partial charge in [0.1, 0.15) is 13.2 Å². The van der Waals surface area contributed by atoms with E-state index in [2.05, 4.69) is 141 Å². The molecule has 0 aromatic rings. The quantitative estimate of drug-likeness (QED) is 0.0272. The van der Waals surface area contributed by atoms with Crippen LogP contribution in [0.2, 0.25) is 0 Å². The minimum absolute atomic E-state index is 0.0138. The number of phosphoric ester groups is 1. The molecule has 0 heterocycles. The maximum atomic E-state index is 12.9. The van der Waals surface area contributed by atoms with Gasteiger partial charge in [0, 0.05) is 6.42 Å². The number of quaternary nitrogens is 1. The summed E-state index contributed by atoms with van der Waals surface area (Å²) < 4.78 is 23.3. The number of aliphatic hydroxyl groups is 1. The average Bonchev–Trinajstić information content (AvgIpc) is 3.38. The zero-order chi connectivity index (χ0) is 55.6. The second-order valence-electron chi connectivity index (χ2n) is 21.3. The Kier molecular flexibility index (Phi) is 53.9. The molecule has 3 unspecified atom stereocenters. The maximum absolute atomic E-state index is 12.9. The molecular weight excluding hydrogens is 960 g/mol. The van der Waals surface area contributed by atoms with Crippen molar-refractivity contribution in [2.24, 2.45) is 0 Å². The summed E-state index contributed by atoms with van der Waals surface area (Å²) in [5, 5.41) is 13.8. The summed E-state index contributed by atoms with van der Waals surface area (Å²) in [6, 6.07) is -0.916. The Morgan fingerprint density at radius 2 is 0.816 bits per heavy atom. The van der Waals surface area contributed by atoms with Crippen LogP contribution in [0.5, 0.6) is 0 Å². The first kappa shape index (κ1) is 72.6. The van der Waals surface area contributed by atoms with Crippen LogP contribution in [0.3, 0.4) is 0 Å². The number of likely N-dealkylation sites (N-methyl/N-ethyl adjacent to an activating group) is 1. The molecule has 0 saturated heterocycles. The van der Waals surface area contributed by atoms with E-state index < -0.39 is 26.6 Å². The predicted molar refractivity (Wildman–Crippen MR) is 329 cm³/mol. The van der Waals surface area contributed by atoms with E-state index >= 15 is 0 Å². The molecular formula is C67H115N2O6P. The number of aliphatic hydroxyl groups excluding tert-OH is 1. The molecule has 0 rings (SSSR count). The van der Waals surface area contributed by atoms with Gasteiger partial charge < -0.3 is 28.8 Å². The van der Waals surface area contributed by atoms with Gasteiger partial charge in [-0.15, -0.1) is 0 Å². The molecule has 0 fully saturated rings. The zero-order valence-electron chi connectivity index (χ0n) is 49.4. The molecule has 0 aliphatic carbocycles. The van der Waals surface area contributed by atoms with Crippen LogP contribution in [0.1, 0.15) is 232 Å². The van der Waals surface area contributed by atoms with Crippen molar-refractivity contribution in [1.29, 1.82) is 0 Å². The maximum Gasteiger partial charge on any atom is 0.268 e. The standard InChI is InChI=1S/C67H115N2O6P/c1-6-8-10-12-14-16-18-20-21-22-23-24-25-26-27-28-29-30-31-32-33-34-35-36-37-38-39-40-41-42-43-44-45-46-47-49-51-53-55-57-59-61-67(71)68-65(64-75-76(72,73)74-63-62-69(3,4)5)66(70)60-58-56-54-52-50-48-19-17-15-13-11-9-7-2/h8,10,14-17,20-21,23-24,26-27,29-30,32-33,35-36,50,52,58,60,65-66,70H,6-7,9,11-13,18-19,22,25,28,31,34,37-49,51,53-57,59,61-64H2,1-5H3,(H-,68,71,72,73)/b10-8-,16-14-,17-15+,21-20-,24-23-,27-26-,30-29-,33-32-,36-35-,52-50+,60-58+. The van der Waals surface area contributed by atoms with Crippen LogP contribution in [0.4, 0.5) is 0 Å². The van der Waals surface area contributed by atoms with Gasteiger partial charge >= 0.3 is 0 Å². The molecule has 2 N–H and O–H groups in total. The van der Waals surface area contributed by atoms with Crippen LogP contribution in [-0.2, 0) is 18.4 Å². The van der Waals surface area contributed by atoms with E-state index in [1.54, 1.807) is 6.08 Å². The topological polar surface area (TPSA) is 108 Å². The summed E-state index contributed by atoms with van der Waals surface area (Å²) >= 11 is 0. The molecule has 0 aromatic heterocycles. The first-order valence-corrected chi connectivity index (χ1v) is 32.0. The number of phosphoric acid groups is 1. The number of nitrogens with one attached hydrogen (secondary N) is 1. The lowest BCUT2D eigenvalue weighted by Gasteiger charge is -2.29. The molecule has 0 spiro atoms. The van der Waals surface area contributed by atoms with Crippen LogP contribution >= 0.6 is 7.82 Å². The molecule has 76 heavy (non-hydrogen) atoms. The Hall–Kier alpha value is -3.36. The van der Waals surface area contributed by atoms with E-state index in [1.807, 2.05) is 27.2 Å². The number of amides is 1. The highest BCUT2D eigenvalue weighted by atomic mass is 31.2. The number of unbranched alkanes of at least 4 members (excludes halogenated alkanes) is 21. The molecule has 9 heteroatoms. The minimum atomic E-state index is -4.61. The molecule has 3 atom stereocenters. The first-order chi connectivity index (χ1) is 37.0. The SMILES string of the molecule is CC/C=C\C/C=C\C/C=C\C/C=C\C/C=C\C/C=C\C/C=C\C/C=C\CCCCCCCCCCCCCCCCCCC(=O)NC(COP(=O)([O-])OCC[N+](C)(C)C)C(O)/C=C/CC/C=C/CC/C=C/CCCCC. The third kappa shape index (κ3) is 58.3. The van der Waals surface area contributed by atoms with Crippen LogP contribution in [-0.4, -0.2) is 68.5 Å². The highest BCUT2D eigenvalue weighted by molar-refractivity contribution is 7.45. The van der Waals surface area contributed by atoms with Crippen molar-refractivity contribution in [3.63, 3.8) is 0 Å². The predicted octanol–water partition coefficient (Wildman–Crippen LogP) is 18.5. The number of hydrogen-bond acceptors (Lipinski definition) is 6. The summed E-state index contributed by atoms with van der Waals surface area (Å²) in [5.74, 6) is -0.216. The summed E-state index contributed by atoms with van der Waals surface area (Å²) in [7, 11) is 1.22. The highest BCUT2D eigenvalue weighted by Gasteiger charge is 2.23. The van der Waals surface area contributed by atoms with Gasteiger partial charge in [-0.3, -0.25) is 9.36 Å². The molecule has 434 valence electrons. The van der Waals surface area contributed by atoms with E-state index in [0.29, 0.717) is 17.4 Å². The summed E-state index contributed by atoms with van der Waals surface area (Å²) in [6.45, 7) is 4.46. The van der Waals surface area contributed by atoms with E-state index in [9.17, 15) is 19.4 Å². The Balaban J connectivity index is 4.01. The van der Waals surface area contributed by atoms with Crippen molar-refractivity contribution in [3.8, 4) is 0 Å². The zero-order valence-corrected chi connectivity index (χ0v) is 50.3. The Labute approximate surface area is 468 Å². The van der Waals surface area contributed by atoms with E-state index in [0.717, 1.165) is 103 Å². The molecule has 0 bridgehead atoms. The van der Waals surface area contributed by atoms with E-state index in [4.69, 9.17) is 9.05 Å². The van der Waals surface area contributed by atoms with E-state index in [-0.39, 0.29) is 12.5 Å². The number of allylic oxidation sites excluding steroid dienone is 21. The third-order valence-electron chi connectivity index (χ3n) is 12.8. The van der Waals surface area contributed by atoms with Crippen molar-refractivity contribution in [1.82, 2.24) is 5.32 Å². The smallest absolute Gasteiger partial charge is 0.268 e. The summed E-state index contributed by atoms with van der Waals surface area (Å²) in [5.41, 5.74) is 0. The molecule has 0 saturated carbocycles. The van der Waals surface area contributed by atoms with Crippen molar-refractivity contribution in [2.45, 2.75) is 244 Å². The largest absolute Gasteiger partial charge is 0.756 e. The molecule has 0 radical (unpaired) electrons. The highest BCUT2D eigenvalue weighted by Crippen LogP contribution is 2.38. The molecule has 0 aliphatic heterocycles. The van der Waals surface area contributed by atoms with Gasteiger partial charge in [0.2, 0.25) is 5.91 Å². The van der Waals surface area contributed by atoms with Crippen LogP contribution < -0.4 is 10.2 Å². The van der Waals surface area contributed by atoms with Crippen molar-refractivity contribution >= 4 is 13.7 Å². The van der Waals surface area contributed by atoms with Gasteiger partial charge in [-0.25, -0.2) is 0 Å².